The van der Waals surface area contributed by atoms with Crippen molar-refractivity contribution in [1.82, 2.24) is 9.78 Å². The number of esters is 1. The zero-order valence-corrected chi connectivity index (χ0v) is 18.7. The summed E-state index contributed by atoms with van der Waals surface area (Å²) < 4.78 is 45.2. The third-order valence-corrected chi connectivity index (χ3v) is 6.82. The van der Waals surface area contributed by atoms with Crippen molar-refractivity contribution in [1.29, 1.82) is 0 Å². The number of rotatable bonds is 5. The molecule has 1 aromatic carbocycles. The number of fused-ring (bicyclic) bond motifs is 1. The van der Waals surface area contributed by atoms with Gasteiger partial charge >= 0.3 is 12.1 Å². The number of alkyl halides is 3. The monoisotopic (exact) mass is 523 g/mol. The van der Waals surface area contributed by atoms with Gasteiger partial charge in [-0.3, -0.25) is 9.48 Å². The first-order chi connectivity index (χ1) is 14.0. The summed E-state index contributed by atoms with van der Waals surface area (Å²) in [5.74, 6) is -0.949. The Bertz CT molecular complexity index is 1140. The molecule has 0 spiro atoms. The predicted octanol–water partition coefficient (Wildman–Crippen LogP) is 5.66. The highest BCUT2D eigenvalue weighted by molar-refractivity contribution is 9.10. The van der Waals surface area contributed by atoms with E-state index in [4.69, 9.17) is 16.3 Å². The Morgan fingerprint density at radius 1 is 1.37 bits per heavy atom. The zero-order valence-electron chi connectivity index (χ0n) is 15.6. The summed E-state index contributed by atoms with van der Waals surface area (Å²) in [6.07, 6.45) is -4.67. The molecule has 0 fully saturated rings. The largest absolute Gasteiger partial charge is 0.465 e. The lowest BCUT2D eigenvalue weighted by atomic mass is 10.2. The molecule has 1 amide bonds. The van der Waals surface area contributed by atoms with Gasteiger partial charge in [-0.1, -0.05) is 11.6 Å². The number of thiophene rings is 1. The van der Waals surface area contributed by atoms with Crippen LogP contribution >= 0.6 is 38.9 Å². The van der Waals surface area contributed by atoms with E-state index in [1.807, 2.05) is 0 Å². The Morgan fingerprint density at radius 2 is 2.07 bits per heavy atom. The molecular formula is C18H14BrClF3N3O3S. The van der Waals surface area contributed by atoms with Gasteiger partial charge in [0, 0.05) is 22.2 Å². The molecule has 0 aliphatic rings. The first-order valence-electron chi connectivity index (χ1n) is 8.43. The third kappa shape index (κ3) is 4.47. The highest BCUT2D eigenvalue weighted by Crippen LogP contribution is 2.37. The maximum atomic E-state index is 12.9. The molecule has 3 rings (SSSR count). The Kier molecular flexibility index (Phi) is 6.44. The highest BCUT2D eigenvalue weighted by Gasteiger charge is 2.37. The molecule has 3 aromatic rings. The van der Waals surface area contributed by atoms with E-state index in [1.165, 1.54) is 14.0 Å². The van der Waals surface area contributed by atoms with Gasteiger partial charge in [-0.05, 0) is 41.1 Å². The van der Waals surface area contributed by atoms with Crippen molar-refractivity contribution < 1.29 is 27.5 Å². The number of halogens is 5. The van der Waals surface area contributed by atoms with Crippen molar-refractivity contribution in [2.45, 2.75) is 26.1 Å². The van der Waals surface area contributed by atoms with Gasteiger partial charge in [0.2, 0.25) is 5.91 Å². The lowest BCUT2D eigenvalue weighted by Crippen LogP contribution is -2.16. The molecule has 0 atom stereocenters. The summed E-state index contributed by atoms with van der Waals surface area (Å²) in [5, 5.41) is 7.15. The van der Waals surface area contributed by atoms with Gasteiger partial charge in [0.05, 0.1) is 28.8 Å². The van der Waals surface area contributed by atoms with Gasteiger partial charge in [-0.25, -0.2) is 4.79 Å². The Hall–Kier alpha value is -2.11. The Labute approximate surface area is 186 Å². The Morgan fingerprint density at radius 3 is 2.67 bits per heavy atom. The van der Waals surface area contributed by atoms with Crippen molar-refractivity contribution in [2.24, 2.45) is 0 Å². The van der Waals surface area contributed by atoms with Gasteiger partial charge in [-0.15, -0.1) is 11.3 Å². The SMILES string of the molecule is COC(=O)c1sc2cc(NC(=O)CCn3nc(C(F)(F)F)c(Br)c3C)ccc2c1Cl. The first-order valence-corrected chi connectivity index (χ1v) is 10.4. The number of nitrogens with one attached hydrogen (secondary N) is 1. The highest BCUT2D eigenvalue weighted by atomic mass is 79.9. The van der Waals surface area contributed by atoms with Crippen LogP contribution in [0.4, 0.5) is 18.9 Å². The second kappa shape index (κ2) is 8.56. The van der Waals surface area contributed by atoms with Gasteiger partial charge in [0.15, 0.2) is 5.69 Å². The number of aromatic nitrogens is 2. The minimum Gasteiger partial charge on any atom is -0.465 e. The van der Waals surface area contributed by atoms with Gasteiger partial charge < -0.3 is 10.1 Å². The number of anilines is 1. The van der Waals surface area contributed by atoms with Crippen LogP contribution in [-0.2, 0) is 22.3 Å². The second-order valence-corrected chi connectivity index (χ2v) is 8.44. The summed E-state index contributed by atoms with van der Waals surface area (Å²) in [7, 11) is 1.26. The number of aryl methyl sites for hydroxylation is 1. The fourth-order valence-electron chi connectivity index (χ4n) is 2.72. The molecule has 0 saturated heterocycles. The molecular weight excluding hydrogens is 511 g/mol. The van der Waals surface area contributed by atoms with Crippen LogP contribution < -0.4 is 5.32 Å². The predicted molar refractivity (Wildman–Crippen MR) is 111 cm³/mol. The molecule has 6 nitrogen and oxygen atoms in total. The molecule has 0 bridgehead atoms. The topological polar surface area (TPSA) is 73.2 Å². The first kappa shape index (κ1) is 22.6. The number of nitrogens with zero attached hydrogens (tertiary/aromatic N) is 2. The lowest BCUT2D eigenvalue weighted by Gasteiger charge is -2.07. The standard InChI is InChI=1S/C18H14BrClF3N3O3S/c1-8-13(19)16(18(21,22)23)25-26(8)6-5-12(27)24-9-3-4-10-11(7-9)30-15(14(10)20)17(28)29-2/h3-4,7H,5-6H2,1-2H3,(H,24,27). The van der Waals surface area contributed by atoms with Gasteiger partial charge in [0.25, 0.3) is 0 Å². The third-order valence-electron chi connectivity index (χ3n) is 4.24. The van der Waals surface area contributed by atoms with E-state index >= 15 is 0 Å². The second-order valence-electron chi connectivity index (χ2n) is 6.21. The van der Waals surface area contributed by atoms with Crippen molar-refractivity contribution in [3.63, 3.8) is 0 Å². The minimum atomic E-state index is -4.59. The van der Waals surface area contributed by atoms with Crippen molar-refractivity contribution in [2.75, 3.05) is 12.4 Å². The van der Waals surface area contributed by atoms with Crippen LogP contribution in [0.3, 0.4) is 0 Å². The van der Waals surface area contributed by atoms with Crippen LogP contribution in [0.15, 0.2) is 22.7 Å². The summed E-state index contributed by atoms with van der Waals surface area (Å²) in [6.45, 7) is 1.46. The molecule has 0 radical (unpaired) electrons. The van der Waals surface area contributed by atoms with E-state index in [9.17, 15) is 22.8 Å². The number of amides is 1. The fraction of sp³-hybridized carbons (Fsp3) is 0.278. The average molecular weight is 525 g/mol. The van der Waals surface area contributed by atoms with Crippen LogP contribution in [-0.4, -0.2) is 28.8 Å². The maximum Gasteiger partial charge on any atom is 0.436 e. The summed E-state index contributed by atoms with van der Waals surface area (Å²) in [4.78, 5) is 24.3. The normalized spacial score (nSPS) is 11.7. The number of ether oxygens (including phenoxy) is 1. The number of hydrogen-bond acceptors (Lipinski definition) is 5. The smallest absolute Gasteiger partial charge is 0.436 e. The number of methoxy groups -OCH3 is 1. The molecule has 0 unspecified atom stereocenters. The van der Waals surface area contributed by atoms with Crippen LogP contribution in [0, 0.1) is 6.92 Å². The summed E-state index contributed by atoms with van der Waals surface area (Å²) in [6, 6.07) is 4.95. The number of benzene rings is 1. The molecule has 160 valence electrons. The summed E-state index contributed by atoms with van der Waals surface area (Å²) >= 11 is 10.2. The molecule has 2 heterocycles. The van der Waals surface area contributed by atoms with E-state index in [-0.39, 0.29) is 33.0 Å². The molecule has 12 heteroatoms. The van der Waals surface area contributed by atoms with E-state index in [2.05, 4.69) is 26.3 Å². The average Bonchev–Trinajstić information content (AvgIpc) is 3.16. The Balaban J connectivity index is 1.71. The lowest BCUT2D eigenvalue weighted by molar-refractivity contribution is -0.142. The van der Waals surface area contributed by atoms with E-state index in [1.54, 1.807) is 18.2 Å². The van der Waals surface area contributed by atoms with Gasteiger partial charge in [-0.2, -0.15) is 18.3 Å². The van der Waals surface area contributed by atoms with Crippen LogP contribution in [0.5, 0.6) is 0 Å². The molecule has 0 aliphatic carbocycles. The molecule has 30 heavy (non-hydrogen) atoms. The molecule has 0 aliphatic heterocycles. The van der Waals surface area contributed by atoms with E-state index in [0.29, 0.717) is 15.8 Å². The van der Waals surface area contributed by atoms with Gasteiger partial charge in [0.1, 0.15) is 4.88 Å². The number of carbonyl (C=O) groups is 2. The van der Waals surface area contributed by atoms with E-state index in [0.717, 1.165) is 16.0 Å². The number of hydrogen-bond donors (Lipinski definition) is 1. The van der Waals surface area contributed by atoms with Crippen LogP contribution in [0.25, 0.3) is 10.1 Å². The van der Waals surface area contributed by atoms with Crippen molar-refractivity contribution in [3.8, 4) is 0 Å². The van der Waals surface area contributed by atoms with Crippen molar-refractivity contribution >= 4 is 66.5 Å². The minimum absolute atomic E-state index is 0.0219. The maximum absolute atomic E-state index is 12.9. The van der Waals surface area contributed by atoms with Crippen LogP contribution in [0.1, 0.15) is 27.5 Å². The van der Waals surface area contributed by atoms with Crippen LogP contribution in [0.2, 0.25) is 5.02 Å². The molecule has 2 aromatic heterocycles. The number of carbonyl (C=O) groups excluding carboxylic acids is 2. The zero-order chi connectivity index (χ0) is 22.2. The fourth-order valence-corrected chi connectivity index (χ4v) is 4.70. The van der Waals surface area contributed by atoms with E-state index < -0.39 is 23.7 Å². The van der Waals surface area contributed by atoms with Crippen molar-refractivity contribution in [3.05, 3.63) is 44.0 Å². The quantitative estimate of drug-likeness (QED) is 0.438. The molecule has 0 saturated carbocycles. The molecule has 1 N–H and O–H groups in total. The summed E-state index contributed by atoms with van der Waals surface area (Å²) in [5.41, 5.74) is -0.280.